The summed E-state index contributed by atoms with van der Waals surface area (Å²) < 4.78 is 32.0. The van der Waals surface area contributed by atoms with E-state index < -0.39 is 10.0 Å². The molecule has 0 unspecified atom stereocenters. The van der Waals surface area contributed by atoms with E-state index in [-0.39, 0.29) is 4.90 Å². The first-order chi connectivity index (χ1) is 11.0. The second kappa shape index (κ2) is 6.47. The first kappa shape index (κ1) is 16.2. The van der Waals surface area contributed by atoms with Crippen molar-refractivity contribution >= 4 is 21.6 Å². The maximum absolute atomic E-state index is 12.4. The van der Waals surface area contributed by atoms with E-state index in [4.69, 9.17) is 16.3 Å². The predicted molar refractivity (Wildman–Crippen MR) is 88.5 cm³/mol. The Bertz CT molecular complexity index is 801. The molecular formula is C16H17ClN2O3S. The van der Waals surface area contributed by atoms with Gasteiger partial charge in [0.2, 0.25) is 15.9 Å². The number of hydrogen-bond acceptors (Lipinski definition) is 4. The molecule has 0 bridgehead atoms. The van der Waals surface area contributed by atoms with Crippen molar-refractivity contribution in [2.24, 2.45) is 0 Å². The van der Waals surface area contributed by atoms with Crippen molar-refractivity contribution in [2.45, 2.75) is 24.7 Å². The summed E-state index contributed by atoms with van der Waals surface area (Å²) in [6, 6.07) is 8.38. The molecule has 1 saturated heterocycles. The van der Waals surface area contributed by atoms with Gasteiger partial charge in [0, 0.05) is 24.2 Å². The Morgan fingerprint density at radius 1 is 1.17 bits per heavy atom. The summed E-state index contributed by atoms with van der Waals surface area (Å²) in [4.78, 5) is 4.31. The van der Waals surface area contributed by atoms with Gasteiger partial charge in [-0.2, -0.15) is 4.31 Å². The van der Waals surface area contributed by atoms with Crippen LogP contribution in [0.5, 0.6) is 11.6 Å². The third-order valence-electron chi connectivity index (χ3n) is 3.76. The molecule has 1 aromatic heterocycles. The Morgan fingerprint density at radius 2 is 1.91 bits per heavy atom. The number of nitrogens with zero attached hydrogens (tertiary/aromatic N) is 2. The number of rotatable bonds is 4. The Hall–Kier alpha value is -1.63. The smallest absolute Gasteiger partial charge is 0.244 e. The lowest BCUT2D eigenvalue weighted by atomic mass is 10.2. The minimum Gasteiger partial charge on any atom is -0.439 e. The topological polar surface area (TPSA) is 59.5 Å². The van der Waals surface area contributed by atoms with Gasteiger partial charge in [-0.25, -0.2) is 13.4 Å². The lowest BCUT2D eigenvalue weighted by Gasteiger charge is -2.15. The molecule has 0 atom stereocenters. The van der Waals surface area contributed by atoms with Crippen LogP contribution in [0.25, 0.3) is 0 Å². The number of pyridine rings is 1. The van der Waals surface area contributed by atoms with Crippen LogP contribution in [0.15, 0.2) is 41.4 Å². The number of aryl methyl sites for hydroxylation is 1. The van der Waals surface area contributed by atoms with E-state index >= 15 is 0 Å². The van der Waals surface area contributed by atoms with Gasteiger partial charge in [0.1, 0.15) is 10.6 Å². The second-order valence-electron chi connectivity index (χ2n) is 5.46. The monoisotopic (exact) mass is 352 g/mol. The summed E-state index contributed by atoms with van der Waals surface area (Å²) in [5.41, 5.74) is 0.882. The number of ether oxygens (including phenoxy) is 1. The van der Waals surface area contributed by atoms with Gasteiger partial charge < -0.3 is 4.74 Å². The third kappa shape index (κ3) is 3.49. The van der Waals surface area contributed by atoms with Gasteiger partial charge in [0.25, 0.3) is 0 Å². The van der Waals surface area contributed by atoms with Crippen LogP contribution >= 0.6 is 11.6 Å². The van der Waals surface area contributed by atoms with Crippen LogP contribution in [-0.4, -0.2) is 30.8 Å². The first-order valence-corrected chi connectivity index (χ1v) is 9.19. The lowest BCUT2D eigenvalue weighted by molar-refractivity contribution is 0.456. The van der Waals surface area contributed by atoms with Crippen LogP contribution in [0.3, 0.4) is 0 Å². The molecule has 1 aliphatic rings. The third-order valence-corrected chi connectivity index (χ3v) is 5.88. The molecule has 7 heteroatoms. The number of hydrogen-bond donors (Lipinski definition) is 0. The van der Waals surface area contributed by atoms with Crippen molar-refractivity contribution in [3.05, 3.63) is 47.1 Å². The summed E-state index contributed by atoms with van der Waals surface area (Å²) in [6.07, 6.45) is 3.15. The number of halogens is 1. The van der Waals surface area contributed by atoms with E-state index in [9.17, 15) is 8.42 Å². The number of benzene rings is 1. The summed E-state index contributed by atoms with van der Waals surface area (Å²) in [6.45, 7) is 3.03. The zero-order valence-electron chi connectivity index (χ0n) is 12.7. The quantitative estimate of drug-likeness (QED) is 0.843. The molecule has 23 heavy (non-hydrogen) atoms. The molecule has 2 heterocycles. The number of aromatic nitrogens is 1. The van der Waals surface area contributed by atoms with E-state index in [0.717, 1.165) is 18.4 Å². The van der Waals surface area contributed by atoms with E-state index in [2.05, 4.69) is 4.98 Å². The van der Waals surface area contributed by atoms with Crippen molar-refractivity contribution in [3.63, 3.8) is 0 Å². The van der Waals surface area contributed by atoms with Crippen LogP contribution in [0, 0.1) is 6.92 Å². The van der Waals surface area contributed by atoms with Gasteiger partial charge >= 0.3 is 0 Å². The lowest BCUT2D eigenvalue weighted by Crippen LogP contribution is -2.27. The average molecular weight is 353 g/mol. The van der Waals surface area contributed by atoms with Crippen molar-refractivity contribution < 1.29 is 13.2 Å². The minimum atomic E-state index is -3.44. The molecule has 2 aromatic rings. The highest BCUT2D eigenvalue weighted by molar-refractivity contribution is 7.89. The largest absolute Gasteiger partial charge is 0.439 e. The summed E-state index contributed by atoms with van der Waals surface area (Å²) in [5.74, 6) is 0.979. The van der Waals surface area contributed by atoms with Crippen LogP contribution in [0.2, 0.25) is 5.02 Å². The molecule has 1 fully saturated rings. The molecule has 0 saturated carbocycles. The number of sulfonamides is 1. The Morgan fingerprint density at radius 3 is 2.52 bits per heavy atom. The van der Waals surface area contributed by atoms with Crippen molar-refractivity contribution in [2.75, 3.05) is 13.1 Å². The highest BCUT2D eigenvalue weighted by atomic mass is 35.5. The molecule has 1 aliphatic heterocycles. The van der Waals surface area contributed by atoms with Crippen molar-refractivity contribution in [1.29, 1.82) is 0 Å². The van der Waals surface area contributed by atoms with E-state index in [1.807, 2.05) is 6.92 Å². The molecule has 0 amide bonds. The molecular weight excluding hydrogens is 336 g/mol. The van der Waals surface area contributed by atoms with Gasteiger partial charge in [0.15, 0.2) is 0 Å². The highest BCUT2D eigenvalue weighted by Gasteiger charge is 2.27. The Labute approximate surface area is 140 Å². The average Bonchev–Trinajstić information content (AvgIpc) is 3.06. The second-order valence-corrected chi connectivity index (χ2v) is 7.83. The van der Waals surface area contributed by atoms with E-state index in [0.29, 0.717) is 29.7 Å². The maximum atomic E-state index is 12.4. The summed E-state index contributed by atoms with van der Waals surface area (Å²) in [5, 5.41) is 0.634. The van der Waals surface area contributed by atoms with Crippen LogP contribution in [-0.2, 0) is 10.0 Å². The normalized spacial score (nSPS) is 15.7. The van der Waals surface area contributed by atoms with E-state index in [1.165, 1.54) is 16.6 Å². The fraction of sp³-hybridized carbons (Fsp3) is 0.312. The molecule has 0 spiro atoms. The molecule has 0 radical (unpaired) electrons. The summed E-state index contributed by atoms with van der Waals surface area (Å²) >= 11 is 5.91. The maximum Gasteiger partial charge on any atom is 0.244 e. The molecule has 1 aromatic carbocycles. The van der Waals surface area contributed by atoms with Gasteiger partial charge in [-0.15, -0.1) is 0 Å². The zero-order valence-corrected chi connectivity index (χ0v) is 14.3. The zero-order chi connectivity index (χ0) is 16.4. The minimum absolute atomic E-state index is 0.194. The predicted octanol–water partition coefficient (Wildman–Crippen LogP) is 3.62. The summed E-state index contributed by atoms with van der Waals surface area (Å²) in [7, 11) is -3.44. The molecule has 5 nitrogen and oxygen atoms in total. The van der Waals surface area contributed by atoms with E-state index in [1.54, 1.807) is 24.3 Å². The van der Waals surface area contributed by atoms with Gasteiger partial charge in [-0.1, -0.05) is 11.6 Å². The Kier molecular flexibility index (Phi) is 4.57. The first-order valence-electron chi connectivity index (χ1n) is 7.37. The van der Waals surface area contributed by atoms with Crippen molar-refractivity contribution in [1.82, 2.24) is 9.29 Å². The fourth-order valence-corrected chi connectivity index (χ4v) is 4.19. The molecule has 122 valence electrons. The van der Waals surface area contributed by atoms with Crippen LogP contribution in [0.1, 0.15) is 18.4 Å². The van der Waals surface area contributed by atoms with Gasteiger partial charge in [-0.05, 0) is 49.6 Å². The van der Waals surface area contributed by atoms with Crippen LogP contribution in [0.4, 0.5) is 0 Å². The fourth-order valence-electron chi connectivity index (χ4n) is 2.50. The highest BCUT2D eigenvalue weighted by Crippen LogP contribution is 2.27. The van der Waals surface area contributed by atoms with Gasteiger partial charge in [0.05, 0.1) is 6.20 Å². The SMILES string of the molecule is Cc1cc(Cl)ccc1Oc1ccc(S(=O)(=O)N2CCCC2)cn1. The molecule has 3 rings (SSSR count). The standard InChI is InChI=1S/C16H17ClN2O3S/c1-12-10-13(17)4-6-15(12)22-16-7-5-14(11-18-16)23(20,21)19-8-2-3-9-19/h4-7,10-11H,2-3,8-9H2,1H3. The Balaban J connectivity index is 1.79. The molecule has 0 aliphatic carbocycles. The van der Waals surface area contributed by atoms with Crippen LogP contribution < -0.4 is 4.74 Å². The molecule has 0 N–H and O–H groups in total. The van der Waals surface area contributed by atoms with Crippen molar-refractivity contribution in [3.8, 4) is 11.6 Å². The van der Waals surface area contributed by atoms with Gasteiger partial charge in [-0.3, -0.25) is 0 Å².